The molecule has 1 amide bonds. The van der Waals surface area contributed by atoms with Gasteiger partial charge in [-0.1, -0.05) is 0 Å². The Kier molecular flexibility index (Phi) is 3.80. The van der Waals surface area contributed by atoms with E-state index in [9.17, 15) is 4.79 Å². The topological polar surface area (TPSA) is 32.3 Å². The Morgan fingerprint density at radius 2 is 2.11 bits per heavy atom. The Balaban J connectivity index is 1.70. The lowest BCUT2D eigenvalue weighted by atomic mass is 9.94. The van der Waals surface area contributed by atoms with Gasteiger partial charge in [0, 0.05) is 29.6 Å². The van der Waals surface area contributed by atoms with Crippen LogP contribution in [0.1, 0.15) is 23.2 Å². The monoisotopic (exact) mass is 276 g/mol. The van der Waals surface area contributed by atoms with Gasteiger partial charge in [0.1, 0.15) is 0 Å². The van der Waals surface area contributed by atoms with Crippen molar-refractivity contribution in [1.29, 1.82) is 0 Å². The molecule has 0 aromatic heterocycles. The standard InChI is InChI=1S/C15H20N2OS/c1-19-13-6-4-11(5-7-13)15(18)17-9-12-3-2-8-16-14(12)10-17/h4-7,12,14,16H,2-3,8-10H2,1H3/t12-,14+/m0/s1. The lowest BCUT2D eigenvalue weighted by Crippen LogP contribution is -2.41. The first-order chi connectivity index (χ1) is 9.28. The van der Waals surface area contributed by atoms with Crippen LogP contribution in [0.3, 0.4) is 0 Å². The maximum atomic E-state index is 12.5. The summed E-state index contributed by atoms with van der Waals surface area (Å²) in [6.07, 6.45) is 4.55. The van der Waals surface area contributed by atoms with Gasteiger partial charge in [-0.05, 0) is 55.8 Å². The minimum atomic E-state index is 0.184. The molecule has 4 heteroatoms. The second kappa shape index (κ2) is 5.55. The van der Waals surface area contributed by atoms with Crippen molar-refractivity contribution in [1.82, 2.24) is 10.2 Å². The van der Waals surface area contributed by atoms with Gasteiger partial charge in [0.2, 0.25) is 0 Å². The second-order valence-corrected chi connectivity index (χ2v) is 6.28. The molecule has 1 aromatic rings. The summed E-state index contributed by atoms with van der Waals surface area (Å²) in [6.45, 7) is 2.89. The highest BCUT2D eigenvalue weighted by molar-refractivity contribution is 7.98. The number of hydrogen-bond acceptors (Lipinski definition) is 3. The molecule has 3 rings (SSSR count). The average Bonchev–Trinajstić information content (AvgIpc) is 2.90. The molecule has 2 saturated heterocycles. The predicted octanol–water partition coefficient (Wildman–Crippen LogP) is 2.23. The number of fused-ring (bicyclic) bond motifs is 1. The Morgan fingerprint density at radius 1 is 1.32 bits per heavy atom. The predicted molar refractivity (Wildman–Crippen MR) is 78.6 cm³/mol. The van der Waals surface area contributed by atoms with Gasteiger partial charge in [-0.25, -0.2) is 0 Å². The number of nitrogens with zero attached hydrogens (tertiary/aromatic N) is 1. The fraction of sp³-hybridized carbons (Fsp3) is 0.533. The number of carbonyl (C=O) groups is 1. The van der Waals surface area contributed by atoms with Crippen LogP contribution < -0.4 is 5.32 Å². The van der Waals surface area contributed by atoms with E-state index in [4.69, 9.17) is 0 Å². The van der Waals surface area contributed by atoms with Gasteiger partial charge >= 0.3 is 0 Å². The molecule has 1 aromatic carbocycles. The van der Waals surface area contributed by atoms with E-state index < -0.39 is 0 Å². The first-order valence-electron chi connectivity index (χ1n) is 6.94. The van der Waals surface area contributed by atoms with Crippen LogP contribution >= 0.6 is 11.8 Å². The lowest BCUT2D eigenvalue weighted by Gasteiger charge is -2.24. The number of amides is 1. The smallest absolute Gasteiger partial charge is 0.253 e. The summed E-state index contributed by atoms with van der Waals surface area (Å²) < 4.78 is 0. The molecule has 2 aliphatic rings. The van der Waals surface area contributed by atoms with E-state index in [0.29, 0.717) is 12.0 Å². The van der Waals surface area contributed by atoms with Gasteiger partial charge in [-0.15, -0.1) is 11.8 Å². The van der Waals surface area contributed by atoms with Gasteiger partial charge in [0.05, 0.1) is 0 Å². The zero-order chi connectivity index (χ0) is 13.2. The fourth-order valence-electron chi connectivity index (χ4n) is 3.13. The van der Waals surface area contributed by atoms with Crippen LogP contribution in [-0.4, -0.2) is 42.7 Å². The van der Waals surface area contributed by atoms with Crippen LogP contribution in [0.4, 0.5) is 0 Å². The first-order valence-corrected chi connectivity index (χ1v) is 8.17. The summed E-state index contributed by atoms with van der Waals surface area (Å²) in [6, 6.07) is 8.47. The molecule has 0 radical (unpaired) electrons. The van der Waals surface area contributed by atoms with Gasteiger partial charge in [-0.2, -0.15) is 0 Å². The van der Waals surface area contributed by atoms with Crippen LogP contribution in [0, 0.1) is 5.92 Å². The van der Waals surface area contributed by atoms with Crippen molar-refractivity contribution < 1.29 is 4.79 Å². The molecule has 19 heavy (non-hydrogen) atoms. The third-order valence-electron chi connectivity index (χ3n) is 4.22. The molecular weight excluding hydrogens is 256 g/mol. The van der Waals surface area contributed by atoms with Crippen LogP contribution in [0.5, 0.6) is 0 Å². The molecule has 0 saturated carbocycles. The zero-order valence-corrected chi connectivity index (χ0v) is 12.1. The molecule has 2 atom stereocenters. The molecule has 0 spiro atoms. The van der Waals surface area contributed by atoms with E-state index in [1.165, 1.54) is 17.7 Å². The largest absolute Gasteiger partial charge is 0.337 e. The number of thioether (sulfide) groups is 1. The lowest BCUT2D eigenvalue weighted by molar-refractivity contribution is 0.0785. The number of piperidine rings is 1. The minimum absolute atomic E-state index is 0.184. The number of nitrogens with one attached hydrogen (secondary N) is 1. The minimum Gasteiger partial charge on any atom is -0.337 e. The molecule has 2 aliphatic heterocycles. The third kappa shape index (κ3) is 2.65. The number of rotatable bonds is 2. The SMILES string of the molecule is CSc1ccc(C(=O)N2C[C@@H]3CCCN[C@@H]3C2)cc1. The van der Waals surface area contributed by atoms with Crippen molar-refractivity contribution in [2.45, 2.75) is 23.8 Å². The van der Waals surface area contributed by atoms with Crippen molar-refractivity contribution in [2.75, 3.05) is 25.9 Å². The second-order valence-electron chi connectivity index (χ2n) is 5.40. The average molecular weight is 276 g/mol. The van der Waals surface area contributed by atoms with Crippen LogP contribution in [0.2, 0.25) is 0 Å². The van der Waals surface area contributed by atoms with Gasteiger partial charge < -0.3 is 10.2 Å². The van der Waals surface area contributed by atoms with Crippen molar-refractivity contribution in [3.8, 4) is 0 Å². The van der Waals surface area contributed by atoms with E-state index in [-0.39, 0.29) is 5.91 Å². The molecule has 1 N–H and O–H groups in total. The summed E-state index contributed by atoms with van der Waals surface area (Å²) in [5, 5.41) is 3.54. The van der Waals surface area contributed by atoms with Crippen molar-refractivity contribution in [2.24, 2.45) is 5.92 Å². The fourth-order valence-corrected chi connectivity index (χ4v) is 3.54. The van der Waals surface area contributed by atoms with Gasteiger partial charge in [0.15, 0.2) is 0 Å². The summed E-state index contributed by atoms with van der Waals surface area (Å²) in [5.74, 6) is 0.840. The van der Waals surface area contributed by atoms with Crippen LogP contribution in [-0.2, 0) is 0 Å². The third-order valence-corrected chi connectivity index (χ3v) is 4.97. The van der Waals surface area contributed by atoms with Crippen molar-refractivity contribution in [3.05, 3.63) is 29.8 Å². The van der Waals surface area contributed by atoms with E-state index in [0.717, 1.165) is 25.2 Å². The Bertz CT molecular complexity index is 446. The quantitative estimate of drug-likeness (QED) is 0.841. The highest BCUT2D eigenvalue weighted by Crippen LogP contribution is 2.26. The van der Waals surface area contributed by atoms with Crippen molar-refractivity contribution >= 4 is 17.7 Å². The molecule has 0 bridgehead atoms. The first kappa shape index (κ1) is 13.0. The van der Waals surface area contributed by atoms with Crippen LogP contribution in [0.15, 0.2) is 29.2 Å². The summed E-state index contributed by atoms with van der Waals surface area (Å²) >= 11 is 1.70. The molecule has 0 unspecified atom stereocenters. The Hall–Kier alpha value is -1.00. The molecule has 2 heterocycles. The van der Waals surface area contributed by atoms with E-state index in [1.807, 2.05) is 35.4 Å². The normalized spacial score (nSPS) is 26.3. The summed E-state index contributed by atoms with van der Waals surface area (Å²) in [5.41, 5.74) is 0.816. The molecular formula is C15H20N2OS. The van der Waals surface area contributed by atoms with E-state index in [2.05, 4.69) is 5.32 Å². The molecule has 3 nitrogen and oxygen atoms in total. The highest BCUT2D eigenvalue weighted by Gasteiger charge is 2.36. The number of carbonyl (C=O) groups excluding carboxylic acids is 1. The van der Waals surface area contributed by atoms with Gasteiger partial charge in [0.25, 0.3) is 5.91 Å². The Labute approximate surface area is 118 Å². The Morgan fingerprint density at radius 3 is 2.79 bits per heavy atom. The molecule has 0 aliphatic carbocycles. The van der Waals surface area contributed by atoms with Crippen molar-refractivity contribution in [3.63, 3.8) is 0 Å². The number of likely N-dealkylation sites (tertiary alicyclic amines) is 1. The number of hydrogen-bond donors (Lipinski definition) is 1. The maximum absolute atomic E-state index is 12.5. The summed E-state index contributed by atoms with van der Waals surface area (Å²) in [4.78, 5) is 15.7. The molecule has 2 fully saturated rings. The van der Waals surface area contributed by atoms with Crippen LogP contribution in [0.25, 0.3) is 0 Å². The summed E-state index contributed by atoms with van der Waals surface area (Å²) in [7, 11) is 0. The number of benzene rings is 1. The molecule has 102 valence electrons. The highest BCUT2D eigenvalue weighted by atomic mass is 32.2. The van der Waals surface area contributed by atoms with Gasteiger partial charge in [-0.3, -0.25) is 4.79 Å². The zero-order valence-electron chi connectivity index (χ0n) is 11.3. The van der Waals surface area contributed by atoms with E-state index in [1.54, 1.807) is 11.8 Å². The van der Waals surface area contributed by atoms with E-state index >= 15 is 0 Å². The maximum Gasteiger partial charge on any atom is 0.253 e.